The fraction of sp³-hybridized carbons (Fsp3) is 0.214. The van der Waals surface area contributed by atoms with Crippen LogP contribution in [0.2, 0.25) is 0 Å². The fourth-order valence-electron chi connectivity index (χ4n) is 1.98. The highest BCUT2D eigenvalue weighted by molar-refractivity contribution is 6.00. The zero-order valence-corrected chi connectivity index (χ0v) is 10.4. The fourth-order valence-corrected chi connectivity index (χ4v) is 1.98. The highest BCUT2D eigenvalue weighted by atomic mass is 16.1. The Morgan fingerprint density at radius 3 is 2.61 bits per heavy atom. The molecule has 1 heterocycles. The number of nitrogens with zero attached hydrogens (tertiary/aromatic N) is 2. The summed E-state index contributed by atoms with van der Waals surface area (Å²) in [4.78, 5) is 19.7. The molecule has 0 aliphatic heterocycles. The minimum atomic E-state index is -0.439. The molecular formula is C14H15N3O. The number of hydrogen-bond acceptors (Lipinski definition) is 3. The lowest BCUT2D eigenvalue weighted by Crippen LogP contribution is -2.14. The van der Waals surface area contributed by atoms with E-state index < -0.39 is 5.91 Å². The molecule has 1 amide bonds. The molecule has 0 fully saturated rings. The van der Waals surface area contributed by atoms with Gasteiger partial charge in [0.2, 0.25) is 5.91 Å². The standard InChI is InChI=1S/C14H15N3O/c1-9(2)10-4-3-5-11(14(15)18)13(10)12-6-7-16-8-17-12/h3-9H,1-2H3,(H2,15,18). The summed E-state index contributed by atoms with van der Waals surface area (Å²) in [5.74, 6) is -0.152. The van der Waals surface area contributed by atoms with Crippen LogP contribution in [-0.2, 0) is 0 Å². The maximum absolute atomic E-state index is 11.5. The second-order valence-corrected chi connectivity index (χ2v) is 4.38. The Morgan fingerprint density at radius 2 is 2.06 bits per heavy atom. The third-order valence-corrected chi connectivity index (χ3v) is 2.82. The summed E-state index contributed by atoms with van der Waals surface area (Å²) in [7, 11) is 0. The van der Waals surface area contributed by atoms with Gasteiger partial charge in [-0.3, -0.25) is 4.79 Å². The first-order valence-corrected chi connectivity index (χ1v) is 5.80. The number of carbonyl (C=O) groups is 1. The Kier molecular flexibility index (Phi) is 3.37. The highest BCUT2D eigenvalue weighted by Crippen LogP contribution is 2.30. The average molecular weight is 241 g/mol. The number of amides is 1. The molecule has 1 aromatic carbocycles. The van der Waals surface area contributed by atoms with Gasteiger partial charge in [-0.2, -0.15) is 0 Å². The molecule has 4 heteroatoms. The molecule has 0 saturated heterocycles. The van der Waals surface area contributed by atoms with Crippen molar-refractivity contribution < 1.29 is 4.79 Å². The summed E-state index contributed by atoms with van der Waals surface area (Å²) < 4.78 is 0. The summed E-state index contributed by atoms with van der Waals surface area (Å²) in [5.41, 5.74) is 8.53. The third-order valence-electron chi connectivity index (χ3n) is 2.82. The smallest absolute Gasteiger partial charge is 0.249 e. The van der Waals surface area contributed by atoms with E-state index >= 15 is 0 Å². The Morgan fingerprint density at radius 1 is 1.28 bits per heavy atom. The summed E-state index contributed by atoms with van der Waals surface area (Å²) in [5, 5.41) is 0. The van der Waals surface area contributed by atoms with Crippen LogP contribution in [0.25, 0.3) is 11.3 Å². The Bertz CT molecular complexity index is 565. The molecule has 2 aromatic rings. The first-order valence-electron chi connectivity index (χ1n) is 5.80. The van der Waals surface area contributed by atoms with Crippen molar-refractivity contribution in [1.82, 2.24) is 9.97 Å². The van der Waals surface area contributed by atoms with Gasteiger partial charge in [0.05, 0.1) is 5.69 Å². The Labute approximate surface area is 106 Å². The van der Waals surface area contributed by atoms with Crippen LogP contribution < -0.4 is 5.73 Å². The van der Waals surface area contributed by atoms with Crippen molar-refractivity contribution in [3.63, 3.8) is 0 Å². The van der Waals surface area contributed by atoms with Crippen molar-refractivity contribution in [2.75, 3.05) is 0 Å². The van der Waals surface area contributed by atoms with Crippen molar-refractivity contribution in [3.8, 4) is 11.3 Å². The molecular weight excluding hydrogens is 226 g/mol. The van der Waals surface area contributed by atoms with Crippen molar-refractivity contribution in [2.45, 2.75) is 19.8 Å². The molecule has 0 unspecified atom stereocenters. The zero-order valence-electron chi connectivity index (χ0n) is 10.4. The molecule has 92 valence electrons. The predicted molar refractivity (Wildman–Crippen MR) is 70.1 cm³/mol. The third kappa shape index (κ3) is 2.22. The average Bonchev–Trinajstić information content (AvgIpc) is 2.38. The van der Waals surface area contributed by atoms with E-state index in [0.717, 1.165) is 16.8 Å². The van der Waals surface area contributed by atoms with E-state index in [9.17, 15) is 4.79 Å². The number of primary amides is 1. The maximum Gasteiger partial charge on any atom is 0.249 e. The Hall–Kier alpha value is -2.23. The van der Waals surface area contributed by atoms with Crippen LogP contribution in [0.15, 0.2) is 36.8 Å². The van der Waals surface area contributed by atoms with E-state index in [-0.39, 0.29) is 5.92 Å². The maximum atomic E-state index is 11.5. The number of benzene rings is 1. The van der Waals surface area contributed by atoms with E-state index in [1.807, 2.05) is 12.1 Å². The Balaban J connectivity index is 2.73. The molecule has 18 heavy (non-hydrogen) atoms. The van der Waals surface area contributed by atoms with Gasteiger partial charge in [0.15, 0.2) is 0 Å². The number of carbonyl (C=O) groups excluding carboxylic acids is 1. The quantitative estimate of drug-likeness (QED) is 0.896. The van der Waals surface area contributed by atoms with Crippen LogP contribution in [0.3, 0.4) is 0 Å². The lowest BCUT2D eigenvalue weighted by Gasteiger charge is -2.15. The van der Waals surface area contributed by atoms with Gasteiger partial charge in [-0.05, 0) is 23.6 Å². The van der Waals surface area contributed by atoms with Crippen LogP contribution in [0.1, 0.15) is 35.7 Å². The van der Waals surface area contributed by atoms with Crippen LogP contribution in [0.4, 0.5) is 0 Å². The minimum absolute atomic E-state index is 0.286. The van der Waals surface area contributed by atoms with Crippen molar-refractivity contribution >= 4 is 5.91 Å². The number of nitrogens with two attached hydrogens (primary N) is 1. The number of rotatable bonds is 3. The molecule has 0 aliphatic rings. The number of hydrogen-bond donors (Lipinski definition) is 1. The summed E-state index contributed by atoms with van der Waals surface area (Å²) in [6.45, 7) is 4.15. The van der Waals surface area contributed by atoms with Gasteiger partial charge < -0.3 is 5.73 Å². The largest absolute Gasteiger partial charge is 0.366 e. The highest BCUT2D eigenvalue weighted by Gasteiger charge is 2.16. The van der Waals surface area contributed by atoms with E-state index in [4.69, 9.17) is 5.73 Å². The summed E-state index contributed by atoms with van der Waals surface area (Å²) in [6.07, 6.45) is 3.13. The summed E-state index contributed by atoms with van der Waals surface area (Å²) >= 11 is 0. The molecule has 0 bridgehead atoms. The minimum Gasteiger partial charge on any atom is -0.366 e. The molecule has 4 nitrogen and oxygen atoms in total. The van der Waals surface area contributed by atoms with Gasteiger partial charge in [-0.1, -0.05) is 26.0 Å². The predicted octanol–water partition coefficient (Wildman–Crippen LogP) is 2.37. The molecule has 0 atom stereocenters. The van der Waals surface area contributed by atoms with Crippen LogP contribution in [0.5, 0.6) is 0 Å². The first kappa shape index (κ1) is 12.2. The lowest BCUT2D eigenvalue weighted by molar-refractivity contribution is 0.100. The van der Waals surface area contributed by atoms with E-state index in [0.29, 0.717) is 5.56 Å². The van der Waals surface area contributed by atoms with Gasteiger partial charge in [0, 0.05) is 17.3 Å². The van der Waals surface area contributed by atoms with Crippen LogP contribution in [0, 0.1) is 0 Å². The topological polar surface area (TPSA) is 68.9 Å². The monoisotopic (exact) mass is 241 g/mol. The van der Waals surface area contributed by atoms with Gasteiger partial charge in [0.1, 0.15) is 6.33 Å². The molecule has 2 rings (SSSR count). The molecule has 0 saturated carbocycles. The number of aromatic nitrogens is 2. The second kappa shape index (κ2) is 4.96. The molecule has 0 aliphatic carbocycles. The second-order valence-electron chi connectivity index (χ2n) is 4.38. The van der Waals surface area contributed by atoms with Gasteiger partial charge in [-0.15, -0.1) is 0 Å². The van der Waals surface area contributed by atoms with E-state index in [2.05, 4.69) is 23.8 Å². The molecule has 0 spiro atoms. The zero-order chi connectivity index (χ0) is 13.1. The van der Waals surface area contributed by atoms with Crippen LogP contribution >= 0.6 is 0 Å². The van der Waals surface area contributed by atoms with E-state index in [1.54, 1.807) is 18.3 Å². The lowest BCUT2D eigenvalue weighted by atomic mass is 9.91. The normalized spacial score (nSPS) is 10.6. The SMILES string of the molecule is CC(C)c1cccc(C(N)=O)c1-c1ccncn1. The van der Waals surface area contributed by atoms with Crippen molar-refractivity contribution in [3.05, 3.63) is 47.9 Å². The molecule has 2 N–H and O–H groups in total. The summed E-state index contributed by atoms with van der Waals surface area (Å²) in [6, 6.07) is 7.36. The van der Waals surface area contributed by atoms with Gasteiger partial charge in [0.25, 0.3) is 0 Å². The molecule has 1 aromatic heterocycles. The van der Waals surface area contributed by atoms with Crippen molar-refractivity contribution in [1.29, 1.82) is 0 Å². The van der Waals surface area contributed by atoms with Crippen molar-refractivity contribution in [2.24, 2.45) is 5.73 Å². The van der Waals surface area contributed by atoms with Gasteiger partial charge >= 0.3 is 0 Å². The van der Waals surface area contributed by atoms with E-state index in [1.165, 1.54) is 6.33 Å². The first-order chi connectivity index (χ1) is 8.61. The van der Waals surface area contributed by atoms with Crippen LogP contribution in [-0.4, -0.2) is 15.9 Å². The molecule has 0 radical (unpaired) electrons. The van der Waals surface area contributed by atoms with Gasteiger partial charge in [-0.25, -0.2) is 9.97 Å².